The number of rotatable bonds is 11. The van der Waals surface area contributed by atoms with E-state index in [2.05, 4.69) is 82.5 Å². The van der Waals surface area contributed by atoms with Gasteiger partial charge in [-0.3, -0.25) is 9.69 Å². The highest BCUT2D eigenvalue weighted by Crippen LogP contribution is 2.37. The molecule has 1 fully saturated rings. The number of fused-ring (bicyclic) bond motifs is 1. The Morgan fingerprint density at radius 2 is 1.70 bits per heavy atom. The van der Waals surface area contributed by atoms with Gasteiger partial charge in [-0.2, -0.15) is 0 Å². The second kappa shape index (κ2) is 14.1. The van der Waals surface area contributed by atoms with E-state index < -0.39 is 0 Å². The van der Waals surface area contributed by atoms with Crippen molar-refractivity contribution in [3.63, 3.8) is 0 Å². The van der Waals surface area contributed by atoms with E-state index in [-0.39, 0.29) is 11.8 Å². The third-order valence-corrected chi connectivity index (χ3v) is 8.47. The van der Waals surface area contributed by atoms with E-state index in [1.165, 1.54) is 11.1 Å². The predicted molar refractivity (Wildman–Crippen MR) is 177 cm³/mol. The highest BCUT2D eigenvalue weighted by Gasteiger charge is 2.24. The average Bonchev–Trinajstić information content (AvgIpc) is 3.40. The van der Waals surface area contributed by atoms with Gasteiger partial charge in [0.05, 0.1) is 13.2 Å². The van der Waals surface area contributed by atoms with Crippen molar-refractivity contribution in [2.75, 3.05) is 39.4 Å². The van der Waals surface area contributed by atoms with Gasteiger partial charge in [-0.15, -0.1) is 0 Å². The number of nitrogens with one attached hydrogen (secondary N) is 1. The van der Waals surface area contributed by atoms with Crippen LogP contribution in [0.25, 0.3) is 10.9 Å². The van der Waals surface area contributed by atoms with Gasteiger partial charge in [-0.05, 0) is 66.1 Å². The van der Waals surface area contributed by atoms with E-state index in [1.54, 1.807) is 0 Å². The third-order valence-electron chi connectivity index (χ3n) is 8.22. The fraction of sp³-hybridized carbons (Fsp3) is 0.270. The number of aromatic nitrogens is 1. The Bertz CT molecular complexity index is 1690. The van der Waals surface area contributed by atoms with Crippen molar-refractivity contribution < 1.29 is 14.3 Å². The van der Waals surface area contributed by atoms with Gasteiger partial charge in [0.1, 0.15) is 11.5 Å². The Morgan fingerprint density at radius 1 is 0.932 bits per heavy atom. The molecule has 1 aromatic heterocycles. The minimum absolute atomic E-state index is 0.0302. The predicted octanol–water partition coefficient (Wildman–Crippen LogP) is 7.41. The van der Waals surface area contributed by atoms with Crippen LogP contribution in [0, 0.1) is 6.92 Å². The fourth-order valence-corrected chi connectivity index (χ4v) is 5.98. The molecule has 7 heteroatoms. The summed E-state index contributed by atoms with van der Waals surface area (Å²) in [6.07, 6.45) is 2.55. The molecule has 0 aliphatic carbocycles. The Balaban J connectivity index is 1.30. The summed E-state index contributed by atoms with van der Waals surface area (Å²) >= 11 is 6.08. The number of aryl methyl sites for hydroxylation is 1. The van der Waals surface area contributed by atoms with Gasteiger partial charge >= 0.3 is 0 Å². The molecule has 1 aliphatic rings. The quantitative estimate of drug-likeness (QED) is 0.170. The summed E-state index contributed by atoms with van der Waals surface area (Å²) in [5.41, 5.74) is 5.78. The van der Waals surface area contributed by atoms with Crippen LogP contribution in [0.1, 0.15) is 34.6 Å². The van der Waals surface area contributed by atoms with E-state index in [0.717, 1.165) is 61.4 Å². The lowest BCUT2D eigenvalue weighted by Crippen LogP contribution is -2.41. The maximum absolute atomic E-state index is 13.5. The number of benzene rings is 4. The number of nitrogens with zero attached hydrogens (tertiary/aromatic N) is 2. The number of para-hydroxylation sites is 1. The Labute approximate surface area is 264 Å². The number of carbonyl (C=O) groups excluding carboxylic acids is 1. The molecule has 0 radical (unpaired) electrons. The van der Waals surface area contributed by atoms with Crippen LogP contribution < -0.4 is 10.1 Å². The minimum Gasteiger partial charge on any atom is -0.457 e. The van der Waals surface area contributed by atoms with Gasteiger partial charge in [0.2, 0.25) is 5.91 Å². The lowest BCUT2D eigenvalue weighted by atomic mass is 9.88. The monoisotopic (exact) mass is 607 g/mol. The van der Waals surface area contributed by atoms with Gasteiger partial charge < -0.3 is 19.4 Å². The van der Waals surface area contributed by atoms with Gasteiger partial charge in [-0.25, -0.2) is 0 Å². The van der Waals surface area contributed by atoms with E-state index in [4.69, 9.17) is 21.1 Å². The molecule has 1 aliphatic heterocycles. The summed E-state index contributed by atoms with van der Waals surface area (Å²) in [4.78, 5) is 15.8. The number of morpholine rings is 1. The highest BCUT2D eigenvalue weighted by molar-refractivity contribution is 6.30. The van der Waals surface area contributed by atoms with Crippen LogP contribution in [0.15, 0.2) is 103 Å². The van der Waals surface area contributed by atoms with Crippen molar-refractivity contribution in [2.24, 2.45) is 0 Å². The van der Waals surface area contributed by atoms with Crippen molar-refractivity contribution in [3.05, 3.63) is 131 Å². The summed E-state index contributed by atoms with van der Waals surface area (Å²) < 4.78 is 14.0. The van der Waals surface area contributed by atoms with Crippen LogP contribution >= 0.6 is 11.6 Å². The van der Waals surface area contributed by atoms with Gasteiger partial charge in [-0.1, -0.05) is 71.8 Å². The summed E-state index contributed by atoms with van der Waals surface area (Å²) in [6, 6.07) is 32.5. The number of halogens is 1. The molecule has 0 bridgehead atoms. The van der Waals surface area contributed by atoms with Crippen LogP contribution in [-0.4, -0.2) is 54.8 Å². The minimum atomic E-state index is -0.170. The molecule has 226 valence electrons. The summed E-state index contributed by atoms with van der Waals surface area (Å²) in [5, 5.41) is 5.00. The summed E-state index contributed by atoms with van der Waals surface area (Å²) in [7, 11) is 0. The first kappa shape index (κ1) is 29.9. The normalized spacial score (nSPS) is 14.4. The molecule has 6 nitrogen and oxygen atoms in total. The SMILES string of the molecule is Cc1ccc(Cn2cc(C(CC(=O)NCCN3CCOCC3)c3cccc(Oc4ccc(Cl)cc4)c3)c3ccccc32)cc1. The molecule has 4 aromatic carbocycles. The number of hydrogen-bond donors (Lipinski definition) is 1. The Kier molecular flexibility index (Phi) is 9.61. The molecular weight excluding hydrogens is 570 g/mol. The van der Waals surface area contributed by atoms with E-state index in [9.17, 15) is 4.79 Å². The van der Waals surface area contributed by atoms with Crippen LogP contribution in [0.5, 0.6) is 11.5 Å². The van der Waals surface area contributed by atoms with Crippen molar-refractivity contribution in [2.45, 2.75) is 25.8 Å². The standard InChI is InChI=1S/C37H38ClN3O3/c1-27-9-11-28(12-10-27)25-41-26-35(33-7-2-3-8-36(33)41)34(24-37(42)39-17-18-40-19-21-43-22-20-40)29-5-4-6-32(23-29)44-31-15-13-30(38)14-16-31/h2-16,23,26,34H,17-22,24-25H2,1H3,(H,39,42). The Morgan fingerprint density at radius 3 is 2.50 bits per heavy atom. The molecule has 6 rings (SSSR count). The maximum Gasteiger partial charge on any atom is 0.220 e. The van der Waals surface area contributed by atoms with Crippen molar-refractivity contribution in [3.8, 4) is 11.5 Å². The topological polar surface area (TPSA) is 55.7 Å². The zero-order valence-electron chi connectivity index (χ0n) is 25.0. The second-order valence-electron chi connectivity index (χ2n) is 11.4. The Hall–Kier alpha value is -4.10. The van der Waals surface area contributed by atoms with Gasteiger partial charge in [0.25, 0.3) is 0 Å². The zero-order valence-corrected chi connectivity index (χ0v) is 25.8. The van der Waals surface area contributed by atoms with Gasteiger partial charge in [0.15, 0.2) is 0 Å². The van der Waals surface area contributed by atoms with Crippen molar-refractivity contribution in [1.29, 1.82) is 0 Å². The molecule has 1 saturated heterocycles. The van der Waals surface area contributed by atoms with Gasteiger partial charge in [0, 0.05) is 67.2 Å². The lowest BCUT2D eigenvalue weighted by Gasteiger charge is -2.26. The second-order valence-corrected chi connectivity index (χ2v) is 11.8. The maximum atomic E-state index is 13.5. The smallest absolute Gasteiger partial charge is 0.220 e. The van der Waals surface area contributed by atoms with Crippen LogP contribution in [-0.2, 0) is 16.1 Å². The lowest BCUT2D eigenvalue weighted by molar-refractivity contribution is -0.121. The van der Waals surface area contributed by atoms with E-state index >= 15 is 0 Å². The molecular formula is C37H38ClN3O3. The molecule has 1 atom stereocenters. The van der Waals surface area contributed by atoms with Crippen LogP contribution in [0.2, 0.25) is 5.02 Å². The number of carbonyl (C=O) groups is 1. The van der Waals surface area contributed by atoms with E-state index in [1.807, 2.05) is 42.5 Å². The molecule has 44 heavy (non-hydrogen) atoms. The van der Waals surface area contributed by atoms with E-state index in [0.29, 0.717) is 29.5 Å². The summed E-state index contributed by atoms with van der Waals surface area (Å²) in [6.45, 7) is 7.58. The third kappa shape index (κ3) is 7.51. The zero-order chi connectivity index (χ0) is 30.3. The number of amides is 1. The summed E-state index contributed by atoms with van der Waals surface area (Å²) in [5.74, 6) is 1.28. The number of hydrogen-bond acceptors (Lipinski definition) is 4. The first-order valence-electron chi connectivity index (χ1n) is 15.3. The molecule has 5 aromatic rings. The molecule has 0 saturated carbocycles. The van der Waals surface area contributed by atoms with Crippen LogP contribution in [0.4, 0.5) is 0 Å². The number of ether oxygens (including phenoxy) is 2. The van der Waals surface area contributed by atoms with Crippen molar-refractivity contribution in [1.82, 2.24) is 14.8 Å². The van der Waals surface area contributed by atoms with Crippen LogP contribution in [0.3, 0.4) is 0 Å². The molecule has 1 amide bonds. The molecule has 1 N–H and O–H groups in total. The van der Waals surface area contributed by atoms with Crippen molar-refractivity contribution >= 4 is 28.4 Å². The molecule has 0 spiro atoms. The highest BCUT2D eigenvalue weighted by atomic mass is 35.5. The largest absolute Gasteiger partial charge is 0.457 e. The fourth-order valence-electron chi connectivity index (χ4n) is 5.85. The average molecular weight is 608 g/mol. The molecule has 1 unspecified atom stereocenters. The molecule has 2 heterocycles. The first-order chi connectivity index (χ1) is 21.5. The first-order valence-corrected chi connectivity index (χ1v) is 15.6.